The molecule has 0 aliphatic heterocycles. The topological polar surface area (TPSA) is 22.4 Å². The van der Waals surface area contributed by atoms with E-state index < -0.39 is 14.4 Å². The van der Waals surface area contributed by atoms with Crippen LogP contribution in [0, 0.1) is 18.2 Å². The molecule has 2 rings (SSSR count). The van der Waals surface area contributed by atoms with Crippen molar-refractivity contribution in [1.82, 2.24) is 0 Å². The number of halogens is 1. The SMILES string of the molecule is C#Cc1ccc(F)cc1C(O[Si](C)(C)C(C)(C)C)c1ccc(CCCCC)o1. The average Bonchev–Trinajstić information content (AvgIpc) is 3.07. The maximum atomic E-state index is 14.1. The minimum absolute atomic E-state index is 0.00539. The summed E-state index contributed by atoms with van der Waals surface area (Å²) in [6.07, 6.45) is 9.52. The Morgan fingerprint density at radius 1 is 1.18 bits per heavy atom. The largest absolute Gasteiger partial charge is 0.463 e. The molecule has 0 aliphatic rings. The third-order valence-electron chi connectivity index (χ3n) is 5.64. The Balaban J connectivity index is 2.46. The highest BCUT2D eigenvalue weighted by Gasteiger charge is 2.41. The van der Waals surface area contributed by atoms with Crippen LogP contribution in [0.3, 0.4) is 0 Å². The first-order valence-corrected chi connectivity index (χ1v) is 13.0. The summed E-state index contributed by atoms with van der Waals surface area (Å²) in [6, 6.07) is 8.45. The molecular formula is C24H33FO2Si. The fourth-order valence-electron chi connectivity index (χ4n) is 2.85. The van der Waals surface area contributed by atoms with Crippen LogP contribution in [-0.4, -0.2) is 8.32 Å². The van der Waals surface area contributed by atoms with Crippen molar-refractivity contribution in [2.75, 3.05) is 0 Å². The number of rotatable bonds is 8. The third-order valence-corrected chi connectivity index (χ3v) is 10.1. The molecular weight excluding hydrogens is 367 g/mol. The van der Waals surface area contributed by atoms with Gasteiger partial charge in [-0.3, -0.25) is 0 Å². The van der Waals surface area contributed by atoms with Crippen molar-refractivity contribution in [2.24, 2.45) is 0 Å². The summed E-state index contributed by atoms with van der Waals surface area (Å²) in [5.41, 5.74) is 1.29. The summed E-state index contributed by atoms with van der Waals surface area (Å²) < 4.78 is 26.9. The predicted molar refractivity (Wildman–Crippen MR) is 116 cm³/mol. The standard InChI is InChI=1S/C24H33FO2Si/c1-8-10-11-12-20-15-16-22(26-20)23(27-28(6,7)24(3,4)5)21-17-19(25)14-13-18(21)9-2/h2,13-17,23H,8,10-12H2,1,3-7H3. The first-order chi connectivity index (χ1) is 13.1. The van der Waals surface area contributed by atoms with Crippen LogP contribution in [0.2, 0.25) is 18.1 Å². The van der Waals surface area contributed by atoms with E-state index in [0.717, 1.165) is 18.6 Å². The highest BCUT2D eigenvalue weighted by atomic mass is 28.4. The van der Waals surface area contributed by atoms with Gasteiger partial charge in [-0.25, -0.2) is 4.39 Å². The summed E-state index contributed by atoms with van der Waals surface area (Å²) in [6.45, 7) is 13.1. The van der Waals surface area contributed by atoms with Crippen molar-refractivity contribution in [1.29, 1.82) is 0 Å². The van der Waals surface area contributed by atoms with E-state index in [0.29, 0.717) is 16.9 Å². The lowest BCUT2D eigenvalue weighted by molar-refractivity contribution is 0.190. The van der Waals surface area contributed by atoms with Crippen LogP contribution >= 0.6 is 0 Å². The van der Waals surface area contributed by atoms with Gasteiger partial charge in [-0.05, 0) is 54.9 Å². The van der Waals surface area contributed by atoms with Gasteiger partial charge in [0.25, 0.3) is 0 Å². The molecule has 1 aromatic heterocycles. The molecule has 152 valence electrons. The molecule has 0 saturated carbocycles. The normalized spacial score (nSPS) is 13.4. The van der Waals surface area contributed by atoms with Gasteiger partial charge in [-0.2, -0.15) is 0 Å². The zero-order valence-electron chi connectivity index (χ0n) is 18.1. The van der Waals surface area contributed by atoms with Gasteiger partial charge in [-0.15, -0.1) is 6.42 Å². The molecule has 0 N–H and O–H groups in total. The molecule has 1 unspecified atom stereocenters. The second-order valence-corrected chi connectivity index (χ2v) is 13.7. The van der Waals surface area contributed by atoms with Crippen molar-refractivity contribution in [3.05, 3.63) is 58.8 Å². The Bertz CT molecular complexity index is 824. The van der Waals surface area contributed by atoms with E-state index in [1.54, 1.807) is 6.07 Å². The van der Waals surface area contributed by atoms with E-state index in [2.05, 4.69) is 46.7 Å². The van der Waals surface area contributed by atoms with E-state index >= 15 is 0 Å². The number of hydrogen-bond acceptors (Lipinski definition) is 2. The fraction of sp³-hybridized carbons (Fsp3) is 0.500. The molecule has 4 heteroatoms. The van der Waals surface area contributed by atoms with Crippen LogP contribution < -0.4 is 0 Å². The van der Waals surface area contributed by atoms with Gasteiger partial charge in [0.05, 0.1) is 0 Å². The molecule has 0 fully saturated rings. The lowest BCUT2D eigenvalue weighted by Gasteiger charge is -2.39. The van der Waals surface area contributed by atoms with Crippen molar-refractivity contribution < 1.29 is 13.2 Å². The van der Waals surface area contributed by atoms with Crippen molar-refractivity contribution in [3.63, 3.8) is 0 Å². The molecule has 1 heterocycles. The van der Waals surface area contributed by atoms with E-state index in [-0.39, 0.29) is 10.9 Å². The molecule has 0 saturated heterocycles. The molecule has 0 aliphatic carbocycles. The molecule has 2 nitrogen and oxygen atoms in total. The van der Waals surface area contributed by atoms with Crippen molar-refractivity contribution in [3.8, 4) is 12.3 Å². The zero-order chi connectivity index (χ0) is 20.9. The summed E-state index contributed by atoms with van der Waals surface area (Å²) in [4.78, 5) is 0. The average molecular weight is 401 g/mol. The fourth-order valence-corrected chi connectivity index (χ4v) is 4.03. The highest BCUT2D eigenvalue weighted by molar-refractivity contribution is 6.74. The maximum absolute atomic E-state index is 14.1. The summed E-state index contributed by atoms with van der Waals surface area (Å²) in [5.74, 6) is 3.98. The number of unbranched alkanes of at least 4 members (excludes halogenated alkanes) is 2. The van der Waals surface area contributed by atoms with Crippen LogP contribution in [0.5, 0.6) is 0 Å². The van der Waals surface area contributed by atoms with Crippen molar-refractivity contribution in [2.45, 2.75) is 77.6 Å². The second kappa shape index (κ2) is 9.11. The van der Waals surface area contributed by atoms with Crippen LogP contribution in [0.15, 0.2) is 34.7 Å². The zero-order valence-corrected chi connectivity index (χ0v) is 19.1. The number of hydrogen-bond donors (Lipinski definition) is 0. The van der Waals surface area contributed by atoms with Gasteiger partial charge < -0.3 is 8.84 Å². The molecule has 0 spiro atoms. The highest BCUT2D eigenvalue weighted by Crippen LogP contribution is 2.42. The summed E-state index contributed by atoms with van der Waals surface area (Å²) in [5, 5.41) is 0.00539. The van der Waals surface area contributed by atoms with Gasteiger partial charge in [0, 0.05) is 17.5 Å². The molecule has 0 bridgehead atoms. The third kappa shape index (κ3) is 5.37. The lowest BCUT2D eigenvalue weighted by Crippen LogP contribution is -2.42. The predicted octanol–water partition coefficient (Wildman–Crippen LogP) is 7.24. The quantitative estimate of drug-likeness (QED) is 0.265. The Morgan fingerprint density at radius 3 is 2.50 bits per heavy atom. The van der Waals surface area contributed by atoms with Crippen molar-refractivity contribution >= 4 is 8.32 Å². The van der Waals surface area contributed by atoms with E-state index in [1.165, 1.54) is 25.0 Å². The molecule has 1 aromatic carbocycles. The first-order valence-electron chi connectivity index (χ1n) is 10.1. The monoisotopic (exact) mass is 400 g/mol. The van der Waals surface area contributed by atoms with Gasteiger partial charge >= 0.3 is 0 Å². The molecule has 2 aromatic rings. The van der Waals surface area contributed by atoms with Gasteiger partial charge in [0.2, 0.25) is 0 Å². The number of furan rings is 1. The number of terminal acetylenes is 1. The Morgan fingerprint density at radius 2 is 1.89 bits per heavy atom. The van der Waals surface area contributed by atoms with E-state index in [4.69, 9.17) is 15.3 Å². The van der Waals surface area contributed by atoms with Crippen LogP contribution in [-0.2, 0) is 10.8 Å². The molecule has 1 atom stereocenters. The Labute approximate surface area is 170 Å². The lowest BCUT2D eigenvalue weighted by atomic mass is 10.0. The first kappa shape index (κ1) is 22.5. The maximum Gasteiger partial charge on any atom is 0.193 e. The van der Waals surface area contributed by atoms with E-state index in [9.17, 15) is 4.39 Å². The smallest absolute Gasteiger partial charge is 0.193 e. The van der Waals surface area contributed by atoms with E-state index in [1.807, 2.05) is 12.1 Å². The van der Waals surface area contributed by atoms with Crippen LogP contribution in [0.1, 0.15) is 75.7 Å². The minimum Gasteiger partial charge on any atom is -0.463 e. The second-order valence-electron chi connectivity index (χ2n) is 8.90. The summed E-state index contributed by atoms with van der Waals surface area (Å²) >= 11 is 0. The van der Waals surface area contributed by atoms with Gasteiger partial charge in [0.1, 0.15) is 23.4 Å². The molecule has 28 heavy (non-hydrogen) atoms. The molecule has 0 amide bonds. The van der Waals surface area contributed by atoms with Gasteiger partial charge in [0.15, 0.2) is 8.32 Å². The summed E-state index contributed by atoms with van der Waals surface area (Å²) in [7, 11) is -2.16. The van der Waals surface area contributed by atoms with Crippen LogP contribution in [0.4, 0.5) is 4.39 Å². The Hall–Kier alpha value is -1.83. The number of benzene rings is 1. The minimum atomic E-state index is -2.16. The molecule has 0 radical (unpaired) electrons. The Kier molecular flexibility index (Phi) is 7.31. The van der Waals surface area contributed by atoms with Gasteiger partial charge in [-0.1, -0.05) is 46.5 Å². The number of aryl methyl sites for hydroxylation is 1. The van der Waals surface area contributed by atoms with Crippen LogP contribution in [0.25, 0.3) is 0 Å².